The van der Waals surface area contributed by atoms with Gasteiger partial charge in [0, 0.05) is 64.7 Å². The minimum atomic E-state index is -0.258. The number of nitrogens with zero attached hydrogens (tertiary/aromatic N) is 1. The van der Waals surface area contributed by atoms with Crippen LogP contribution < -0.4 is 0 Å². The molecular weight excluding hydrogens is 822 g/mol. The van der Waals surface area contributed by atoms with E-state index in [1.807, 2.05) is 59.9 Å². The zero-order chi connectivity index (χ0) is 34.7. The number of carbonyl (C=O) groups excluding carboxylic acids is 1. The Labute approximate surface area is 314 Å². The molecular formula is C43H50FIrNO3S-2. The molecule has 4 nitrogen and oxygen atoms in total. The second-order valence-corrected chi connectivity index (χ2v) is 14.4. The molecule has 0 unspecified atom stereocenters. The van der Waals surface area contributed by atoms with Gasteiger partial charge in [-0.05, 0) is 91.1 Å². The van der Waals surface area contributed by atoms with Crippen molar-refractivity contribution in [3.63, 3.8) is 0 Å². The molecule has 0 saturated carbocycles. The summed E-state index contributed by atoms with van der Waals surface area (Å²) < 4.78 is 23.5. The number of rotatable bonds is 10. The maximum Gasteiger partial charge on any atom is 0.162 e. The van der Waals surface area contributed by atoms with Crippen molar-refractivity contribution in [2.45, 2.75) is 87.5 Å². The number of hydrogen-bond acceptors (Lipinski definition) is 5. The number of aromatic nitrogens is 1. The van der Waals surface area contributed by atoms with Gasteiger partial charge in [0.1, 0.15) is 11.4 Å². The van der Waals surface area contributed by atoms with E-state index in [2.05, 4.69) is 44.2 Å². The van der Waals surface area contributed by atoms with Gasteiger partial charge in [0.15, 0.2) is 5.78 Å². The summed E-state index contributed by atoms with van der Waals surface area (Å²) in [6.07, 6.45) is 7.82. The standard InChI is InChI=1S/C29H23FNOS.C13H24O2.CH3.Ir/c1-15(2)9-18-5-6-19-20-7-8-31-27(29(20)33-25(19)14-18)22-11-16(3)10-21-26-23(30)12-17(4)13-24(26)32-28(21)22;1-5-10(6-2)12(14)9-13(15)11(7-3)8-4;;/h5-8,10,12-15H,9H2,1-4H3;9-11,14H,5-8H2,1-4H3;1H3;/q-1;;-1;/b;12-9-;;. The monoisotopic (exact) mass is 872 g/mol. The Kier molecular flexibility index (Phi) is 14.5. The normalized spacial score (nSPS) is 11.8. The van der Waals surface area contributed by atoms with Crippen molar-refractivity contribution in [1.29, 1.82) is 0 Å². The van der Waals surface area contributed by atoms with E-state index >= 15 is 0 Å². The molecule has 0 atom stereocenters. The Bertz CT molecular complexity index is 2120. The largest absolute Gasteiger partial charge is 0.512 e. The van der Waals surface area contributed by atoms with Gasteiger partial charge in [0.05, 0.1) is 11.3 Å². The van der Waals surface area contributed by atoms with Gasteiger partial charge in [0.2, 0.25) is 0 Å². The quantitative estimate of drug-likeness (QED) is 0.0846. The van der Waals surface area contributed by atoms with Crippen molar-refractivity contribution >= 4 is 59.2 Å². The predicted molar refractivity (Wildman–Crippen MR) is 207 cm³/mol. The topological polar surface area (TPSA) is 63.3 Å². The van der Waals surface area contributed by atoms with Crippen molar-refractivity contribution < 1.29 is 38.8 Å². The fraction of sp³-hybridized carbons (Fsp3) is 0.372. The molecule has 0 aliphatic rings. The molecule has 6 rings (SSSR count). The number of hydrogen-bond donors (Lipinski definition) is 1. The number of aryl methyl sites for hydroxylation is 2. The first-order valence-electron chi connectivity index (χ1n) is 17.3. The smallest absolute Gasteiger partial charge is 0.162 e. The van der Waals surface area contributed by atoms with Crippen LogP contribution in [0.4, 0.5) is 4.39 Å². The molecule has 6 aromatic rings. The molecule has 0 saturated heterocycles. The van der Waals surface area contributed by atoms with Gasteiger partial charge in [-0.3, -0.25) is 4.79 Å². The van der Waals surface area contributed by atoms with E-state index in [1.54, 1.807) is 17.4 Å². The number of pyridine rings is 1. The molecule has 3 heterocycles. The van der Waals surface area contributed by atoms with Crippen LogP contribution in [0.1, 0.15) is 83.9 Å². The molecule has 3 aromatic heterocycles. The molecule has 0 amide bonds. The summed E-state index contributed by atoms with van der Waals surface area (Å²) in [5.74, 6) is 0.901. The third kappa shape index (κ3) is 8.55. The summed E-state index contributed by atoms with van der Waals surface area (Å²) >= 11 is 1.75. The summed E-state index contributed by atoms with van der Waals surface area (Å²) in [6.45, 7) is 16.4. The van der Waals surface area contributed by atoms with Crippen molar-refractivity contribution in [1.82, 2.24) is 4.98 Å². The van der Waals surface area contributed by atoms with Crippen molar-refractivity contribution in [3.05, 3.63) is 96.5 Å². The molecule has 269 valence electrons. The van der Waals surface area contributed by atoms with Gasteiger partial charge < -0.3 is 21.9 Å². The molecule has 1 N–H and O–H groups in total. The summed E-state index contributed by atoms with van der Waals surface area (Å²) in [5, 5.41) is 13.5. The minimum absolute atomic E-state index is 0. The van der Waals surface area contributed by atoms with Crippen molar-refractivity contribution in [2.24, 2.45) is 17.8 Å². The maximum atomic E-state index is 14.9. The Morgan fingerprint density at radius 2 is 1.64 bits per heavy atom. The number of aliphatic hydroxyl groups excluding tert-OH is 1. The number of allylic oxidation sites excluding steroid dienone is 2. The average molecular weight is 872 g/mol. The first-order chi connectivity index (χ1) is 23.0. The third-order valence-electron chi connectivity index (χ3n) is 9.25. The number of aliphatic hydroxyl groups is 1. The molecule has 0 fully saturated rings. The van der Waals surface area contributed by atoms with Gasteiger partial charge in [-0.1, -0.05) is 71.5 Å². The van der Waals surface area contributed by atoms with E-state index in [0.717, 1.165) is 64.6 Å². The van der Waals surface area contributed by atoms with E-state index in [9.17, 15) is 14.3 Å². The number of benzene rings is 3. The molecule has 0 aliphatic heterocycles. The number of carbonyl (C=O) groups is 1. The maximum absolute atomic E-state index is 14.9. The predicted octanol–water partition coefficient (Wildman–Crippen LogP) is 13.1. The second kappa shape index (κ2) is 17.7. The third-order valence-corrected chi connectivity index (χ3v) is 10.4. The van der Waals surface area contributed by atoms with Crippen LogP contribution in [-0.2, 0) is 31.3 Å². The van der Waals surface area contributed by atoms with Crippen LogP contribution >= 0.6 is 11.3 Å². The molecule has 0 bridgehead atoms. The summed E-state index contributed by atoms with van der Waals surface area (Å²) in [7, 11) is 0. The Balaban J connectivity index is 0.000000343. The molecule has 3 aromatic carbocycles. The van der Waals surface area contributed by atoms with Gasteiger partial charge in [-0.25, -0.2) is 4.39 Å². The van der Waals surface area contributed by atoms with Gasteiger partial charge in [-0.2, -0.15) is 0 Å². The minimum Gasteiger partial charge on any atom is -0.512 e. The van der Waals surface area contributed by atoms with Crippen LogP contribution in [0.25, 0.3) is 53.4 Å². The van der Waals surface area contributed by atoms with E-state index < -0.39 is 0 Å². The molecule has 0 aliphatic carbocycles. The summed E-state index contributed by atoms with van der Waals surface area (Å²) in [5.41, 5.74) is 5.94. The number of fused-ring (bicyclic) bond motifs is 6. The molecule has 0 spiro atoms. The number of thiophene rings is 1. The molecule has 7 heteroatoms. The molecule has 50 heavy (non-hydrogen) atoms. The fourth-order valence-corrected chi connectivity index (χ4v) is 7.89. The van der Waals surface area contributed by atoms with Gasteiger partial charge in [-0.15, -0.1) is 29.0 Å². The zero-order valence-electron chi connectivity index (χ0n) is 30.8. The van der Waals surface area contributed by atoms with Crippen LogP contribution in [0.15, 0.2) is 64.9 Å². The Morgan fingerprint density at radius 3 is 2.28 bits per heavy atom. The van der Waals surface area contributed by atoms with Crippen LogP contribution in [0.5, 0.6) is 0 Å². The first-order valence-corrected chi connectivity index (χ1v) is 18.1. The van der Waals surface area contributed by atoms with Crippen LogP contribution in [-0.4, -0.2) is 15.9 Å². The van der Waals surface area contributed by atoms with Crippen LogP contribution in [0.2, 0.25) is 0 Å². The van der Waals surface area contributed by atoms with Crippen LogP contribution in [0, 0.1) is 50.9 Å². The summed E-state index contributed by atoms with van der Waals surface area (Å²) in [6, 6.07) is 17.7. The zero-order valence-corrected chi connectivity index (χ0v) is 34.0. The number of ketones is 1. The fourth-order valence-electron chi connectivity index (χ4n) is 6.63. The van der Waals surface area contributed by atoms with E-state index in [-0.39, 0.29) is 56.7 Å². The first kappa shape index (κ1) is 41.0. The van der Waals surface area contributed by atoms with Gasteiger partial charge in [0.25, 0.3) is 0 Å². The Morgan fingerprint density at radius 1 is 0.960 bits per heavy atom. The number of halogens is 1. The van der Waals surface area contributed by atoms with E-state index in [4.69, 9.17) is 9.40 Å². The number of furan rings is 1. The summed E-state index contributed by atoms with van der Waals surface area (Å²) in [4.78, 5) is 16.5. The van der Waals surface area contributed by atoms with Crippen LogP contribution in [0.3, 0.4) is 0 Å². The van der Waals surface area contributed by atoms with Crippen molar-refractivity contribution in [2.75, 3.05) is 0 Å². The average Bonchev–Trinajstić information content (AvgIpc) is 3.59. The van der Waals surface area contributed by atoms with E-state index in [0.29, 0.717) is 22.5 Å². The SMILES string of the molecule is CCC(CC)C(=O)/C=C(\O)C(CC)CC.Cc1[c-]c(-c2nccc3c2sc2cc(CC(C)C)ccc23)c2oc3cc(C)cc(F)c3c2c1.[CH3-].[Ir]. The second-order valence-electron chi connectivity index (χ2n) is 13.4. The Hall–Kier alpha value is -3.38. The van der Waals surface area contributed by atoms with Crippen molar-refractivity contribution in [3.8, 4) is 11.3 Å². The van der Waals surface area contributed by atoms with Gasteiger partial charge >= 0.3 is 0 Å². The molecule has 1 radical (unpaired) electrons. The van der Waals surface area contributed by atoms with E-state index in [1.165, 1.54) is 27.1 Å².